The normalized spacial score (nSPS) is 19.9. The Morgan fingerprint density at radius 3 is 2.77 bits per heavy atom. The Balaban J connectivity index is 2.12. The molecule has 1 aromatic rings. The molecule has 1 saturated heterocycles. The maximum atomic E-state index is 9.90. The van der Waals surface area contributed by atoms with E-state index in [0.29, 0.717) is 19.5 Å². The zero-order chi connectivity index (χ0) is 9.47. The Labute approximate surface area is 77.6 Å². The largest absolute Gasteiger partial charge is 0.387 e. The molecule has 0 amide bonds. The van der Waals surface area contributed by atoms with Crippen molar-refractivity contribution in [3.05, 3.63) is 17.5 Å². The molecule has 0 saturated carbocycles. The summed E-state index contributed by atoms with van der Waals surface area (Å²) in [7, 11) is 1.90. The van der Waals surface area contributed by atoms with E-state index in [4.69, 9.17) is 0 Å². The smallest absolute Gasteiger partial charge is 0.0936 e. The number of nitrogens with one attached hydrogen (secondary N) is 1. The Hall–Kier alpha value is -0.870. The molecule has 1 fully saturated rings. The van der Waals surface area contributed by atoms with Gasteiger partial charge in [-0.05, 0) is 12.5 Å². The summed E-state index contributed by atoms with van der Waals surface area (Å²) in [5, 5.41) is 17.2. The van der Waals surface area contributed by atoms with Gasteiger partial charge in [0.1, 0.15) is 0 Å². The van der Waals surface area contributed by atoms with Crippen LogP contribution in [0.1, 0.15) is 11.3 Å². The molecule has 0 bridgehead atoms. The van der Waals surface area contributed by atoms with Gasteiger partial charge in [-0.15, -0.1) is 0 Å². The van der Waals surface area contributed by atoms with Crippen molar-refractivity contribution in [2.75, 3.05) is 13.1 Å². The molecular formula is C9H15N3O. The molecule has 2 heterocycles. The predicted molar refractivity (Wildman–Crippen MR) is 49.5 cm³/mol. The van der Waals surface area contributed by atoms with E-state index >= 15 is 0 Å². The topological polar surface area (TPSA) is 50.1 Å². The average Bonchev–Trinajstić information content (AvgIpc) is 2.27. The van der Waals surface area contributed by atoms with Crippen molar-refractivity contribution in [3.63, 3.8) is 0 Å². The van der Waals surface area contributed by atoms with Crippen molar-refractivity contribution in [2.24, 2.45) is 7.05 Å². The maximum absolute atomic E-state index is 9.90. The van der Waals surface area contributed by atoms with Gasteiger partial charge in [-0.1, -0.05) is 0 Å². The highest BCUT2D eigenvalue weighted by atomic mass is 16.3. The summed E-state index contributed by atoms with van der Waals surface area (Å²) in [6.07, 6.45) is 2.69. The number of aromatic nitrogens is 2. The summed E-state index contributed by atoms with van der Waals surface area (Å²) in [4.78, 5) is 0. The van der Waals surface area contributed by atoms with Crippen LogP contribution in [0.25, 0.3) is 0 Å². The minimum Gasteiger partial charge on any atom is -0.387 e. The Kier molecular flexibility index (Phi) is 1.89. The highest BCUT2D eigenvalue weighted by Gasteiger charge is 2.34. The van der Waals surface area contributed by atoms with Gasteiger partial charge >= 0.3 is 0 Å². The fourth-order valence-corrected chi connectivity index (χ4v) is 1.72. The van der Waals surface area contributed by atoms with Crippen LogP contribution in [0.2, 0.25) is 0 Å². The maximum Gasteiger partial charge on any atom is 0.0936 e. The molecule has 0 aromatic carbocycles. The lowest BCUT2D eigenvalue weighted by Gasteiger charge is -2.37. The molecule has 2 rings (SSSR count). The first-order chi connectivity index (χ1) is 6.09. The summed E-state index contributed by atoms with van der Waals surface area (Å²) in [6.45, 7) is 3.37. The summed E-state index contributed by atoms with van der Waals surface area (Å²) >= 11 is 0. The van der Waals surface area contributed by atoms with Gasteiger partial charge in [-0.2, -0.15) is 5.10 Å². The zero-order valence-corrected chi connectivity index (χ0v) is 8.04. The Morgan fingerprint density at radius 2 is 2.38 bits per heavy atom. The first-order valence-corrected chi connectivity index (χ1v) is 4.51. The van der Waals surface area contributed by atoms with E-state index in [1.165, 1.54) is 0 Å². The summed E-state index contributed by atoms with van der Waals surface area (Å²) in [6, 6.07) is 0. The molecule has 0 aliphatic carbocycles. The molecule has 13 heavy (non-hydrogen) atoms. The van der Waals surface area contributed by atoms with Crippen LogP contribution < -0.4 is 5.32 Å². The molecule has 0 spiro atoms. The Bertz CT molecular complexity index is 315. The van der Waals surface area contributed by atoms with Crippen molar-refractivity contribution in [2.45, 2.75) is 18.9 Å². The third-order valence-corrected chi connectivity index (χ3v) is 2.54. The lowest BCUT2D eigenvalue weighted by Crippen LogP contribution is -2.60. The average molecular weight is 181 g/mol. The van der Waals surface area contributed by atoms with Crippen LogP contribution in [-0.2, 0) is 13.5 Å². The number of aryl methyl sites for hydroxylation is 2. The van der Waals surface area contributed by atoms with E-state index in [0.717, 1.165) is 11.3 Å². The van der Waals surface area contributed by atoms with Gasteiger partial charge in [0.2, 0.25) is 0 Å². The van der Waals surface area contributed by atoms with E-state index in [1.54, 1.807) is 4.68 Å². The van der Waals surface area contributed by atoms with Crippen molar-refractivity contribution in [3.8, 4) is 0 Å². The molecule has 1 aromatic heterocycles. The van der Waals surface area contributed by atoms with Crippen molar-refractivity contribution >= 4 is 0 Å². The minimum absolute atomic E-state index is 0.534. The molecule has 72 valence electrons. The molecule has 1 aliphatic heterocycles. The van der Waals surface area contributed by atoms with Crippen molar-refractivity contribution in [1.29, 1.82) is 0 Å². The van der Waals surface area contributed by atoms with Crippen LogP contribution in [0.3, 0.4) is 0 Å². The number of β-amino-alcohol motifs (C(OH)–C–C–N with tert-alkyl or cyclic N) is 1. The quantitative estimate of drug-likeness (QED) is 0.653. The monoisotopic (exact) mass is 181 g/mol. The third kappa shape index (κ3) is 1.59. The van der Waals surface area contributed by atoms with E-state index in [9.17, 15) is 5.11 Å². The Morgan fingerprint density at radius 1 is 1.69 bits per heavy atom. The summed E-state index contributed by atoms with van der Waals surface area (Å²) in [5.41, 5.74) is 1.63. The zero-order valence-electron chi connectivity index (χ0n) is 8.04. The molecule has 0 atom stereocenters. The molecule has 0 radical (unpaired) electrons. The fraction of sp³-hybridized carbons (Fsp3) is 0.667. The first-order valence-electron chi connectivity index (χ1n) is 4.51. The van der Waals surface area contributed by atoms with Gasteiger partial charge < -0.3 is 10.4 Å². The van der Waals surface area contributed by atoms with Crippen LogP contribution in [0.4, 0.5) is 0 Å². The molecule has 2 N–H and O–H groups in total. The SMILES string of the molecule is Cc1nn(C)cc1CC1(O)CNC1. The van der Waals surface area contributed by atoms with Crippen molar-refractivity contribution < 1.29 is 5.11 Å². The number of rotatable bonds is 2. The molecule has 1 aliphatic rings. The number of nitrogens with zero attached hydrogens (tertiary/aromatic N) is 2. The fourth-order valence-electron chi connectivity index (χ4n) is 1.72. The van der Waals surface area contributed by atoms with Gasteiger partial charge in [0.15, 0.2) is 0 Å². The van der Waals surface area contributed by atoms with E-state index in [1.807, 2.05) is 20.2 Å². The van der Waals surface area contributed by atoms with Gasteiger partial charge in [-0.3, -0.25) is 4.68 Å². The van der Waals surface area contributed by atoms with Crippen LogP contribution in [0.5, 0.6) is 0 Å². The highest BCUT2D eigenvalue weighted by molar-refractivity contribution is 5.19. The molecule has 4 nitrogen and oxygen atoms in total. The van der Waals surface area contributed by atoms with Gasteiger partial charge in [-0.25, -0.2) is 0 Å². The molecule has 0 unspecified atom stereocenters. The van der Waals surface area contributed by atoms with E-state index in [2.05, 4.69) is 10.4 Å². The van der Waals surface area contributed by atoms with Gasteiger partial charge in [0, 0.05) is 32.8 Å². The van der Waals surface area contributed by atoms with Gasteiger partial charge in [0.05, 0.1) is 11.3 Å². The lowest BCUT2D eigenvalue weighted by atomic mass is 9.89. The van der Waals surface area contributed by atoms with Gasteiger partial charge in [0.25, 0.3) is 0 Å². The van der Waals surface area contributed by atoms with Crippen LogP contribution in [0.15, 0.2) is 6.20 Å². The second-order valence-corrected chi connectivity index (χ2v) is 3.92. The van der Waals surface area contributed by atoms with E-state index in [-0.39, 0.29) is 0 Å². The number of hydrogen-bond acceptors (Lipinski definition) is 3. The second kappa shape index (κ2) is 2.82. The summed E-state index contributed by atoms with van der Waals surface area (Å²) < 4.78 is 1.79. The highest BCUT2D eigenvalue weighted by Crippen LogP contribution is 2.19. The van der Waals surface area contributed by atoms with Crippen LogP contribution >= 0.6 is 0 Å². The first kappa shape index (κ1) is 8.72. The van der Waals surface area contributed by atoms with Crippen molar-refractivity contribution in [1.82, 2.24) is 15.1 Å². The van der Waals surface area contributed by atoms with E-state index < -0.39 is 5.60 Å². The summed E-state index contributed by atoms with van der Waals surface area (Å²) in [5.74, 6) is 0. The van der Waals surface area contributed by atoms with Crippen LogP contribution in [-0.4, -0.2) is 33.6 Å². The molecule has 4 heteroatoms. The minimum atomic E-state index is -0.534. The number of hydrogen-bond donors (Lipinski definition) is 2. The lowest BCUT2D eigenvalue weighted by molar-refractivity contribution is -0.00915. The third-order valence-electron chi connectivity index (χ3n) is 2.54. The number of aliphatic hydroxyl groups is 1. The molecular weight excluding hydrogens is 166 g/mol. The predicted octanol–water partition coefficient (Wildman–Crippen LogP) is -0.395. The second-order valence-electron chi connectivity index (χ2n) is 3.92. The van der Waals surface area contributed by atoms with Crippen LogP contribution in [0, 0.1) is 6.92 Å². The standard InChI is InChI=1S/C9H15N3O/c1-7-8(4-12(2)11-7)3-9(13)5-10-6-9/h4,10,13H,3,5-6H2,1-2H3.